The van der Waals surface area contributed by atoms with Gasteiger partial charge >= 0.3 is 0 Å². The number of benzene rings is 1. The Labute approximate surface area is 98.7 Å². The molecule has 0 aliphatic carbocycles. The summed E-state index contributed by atoms with van der Waals surface area (Å²) >= 11 is 3.34. The molecule has 0 spiro atoms. The Morgan fingerprint density at radius 1 is 1.53 bits per heavy atom. The zero-order chi connectivity index (χ0) is 11.1. The van der Waals surface area contributed by atoms with Crippen molar-refractivity contribution in [3.63, 3.8) is 0 Å². The van der Waals surface area contributed by atoms with Crippen molar-refractivity contribution in [1.82, 2.24) is 0 Å². The fourth-order valence-corrected chi connectivity index (χ4v) is 1.58. The van der Waals surface area contributed by atoms with E-state index in [1.807, 2.05) is 31.2 Å². The van der Waals surface area contributed by atoms with E-state index in [-0.39, 0.29) is 0 Å². The molecule has 0 unspecified atom stereocenters. The maximum absolute atomic E-state index is 8.92. The Morgan fingerprint density at radius 2 is 2.33 bits per heavy atom. The zero-order valence-electron chi connectivity index (χ0n) is 8.63. The lowest BCUT2D eigenvalue weighted by Gasteiger charge is -2.06. The summed E-state index contributed by atoms with van der Waals surface area (Å²) in [5, 5.41) is 12.2. The van der Waals surface area contributed by atoms with Crippen LogP contribution in [0.5, 0.6) is 0 Å². The molecule has 0 heterocycles. The third-order valence-corrected chi connectivity index (χ3v) is 2.46. The summed E-state index contributed by atoms with van der Waals surface area (Å²) in [7, 11) is 0. The number of rotatable bonds is 4. The van der Waals surface area contributed by atoms with Crippen LogP contribution in [0.25, 0.3) is 0 Å². The first-order chi connectivity index (χ1) is 7.27. The van der Waals surface area contributed by atoms with Crippen molar-refractivity contribution in [2.75, 3.05) is 11.9 Å². The average Bonchev–Trinajstić information content (AvgIpc) is 2.26. The molecule has 0 bridgehead atoms. The van der Waals surface area contributed by atoms with Crippen molar-refractivity contribution in [2.24, 2.45) is 0 Å². The van der Waals surface area contributed by atoms with Crippen LogP contribution < -0.4 is 5.32 Å². The van der Waals surface area contributed by atoms with Crippen LogP contribution in [0.4, 0.5) is 5.69 Å². The van der Waals surface area contributed by atoms with Crippen molar-refractivity contribution in [2.45, 2.75) is 13.3 Å². The highest BCUT2D eigenvalue weighted by Gasteiger charge is 2.00. The molecule has 78 valence electrons. The molecule has 3 heteroatoms. The molecular formula is C12H13BrN2. The topological polar surface area (TPSA) is 35.8 Å². The van der Waals surface area contributed by atoms with Crippen LogP contribution in [0, 0.1) is 11.3 Å². The third-order valence-electron chi connectivity index (χ3n) is 1.96. The van der Waals surface area contributed by atoms with Crippen LogP contribution in [0.3, 0.4) is 0 Å². The van der Waals surface area contributed by atoms with Gasteiger partial charge < -0.3 is 5.32 Å². The number of nitrogens with one attached hydrogen (secondary N) is 1. The molecule has 1 rings (SSSR count). The van der Waals surface area contributed by atoms with E-state index in [0.29, 0.717) is 5.56 Å². The molecule has 0 aliphatic rings. The van der Waals surface area contributed by atoms with Crippen molar-refractivity contribution < 1.29 is 0 Å². The van der Waals surface area contributed by atoms with Crippen LogP contribution in [0.2, 0.25) is 0 Å². The molecule has 0 radical (unpaired) electrons. The average molecular weight is 265 g/mol. The maximum Gasteiger partial charge on any atom is 0.101 e. The fraction of sp³-hybridized carbons (Fsp3) is 0.250. The summed E-state index contributed by atoms with van der Waals surface area (Å²) in [5.74, 6) is 0. The molecule has 0 aliphatic heterocycles. The van der Waals surface area contributed by atoms with Gasteiger partial charge in [0, 0.05) is 11.0 Å². The van der Waals surface area contributed by atoms with Crippen molar-refractivity contribution >= 4 is 21.6 Å². The fourth-order valence-electron chi connectivity index (χ4n) is 1.22. The standard InChI is InChI=1S/C12H13BrN2/c1-2-3-4-7-15-12-6-5-11(13)8-10(12)9-14/h2-3,5-6,8,15H,4,7H2,1H3/b3-2+. The Hall–Kier alpha value is -1.27. The van der Waals surface area contributed by atoms with Crippen LogP contribution in [-0.2, 0) is 0 Å². The normalized spacial score (nSPS) is 10.2. The molecule has 15 heavy (non-hydrogen) atoms. The number of halogens is 1. The summed E-state index contributed by atoms with van der Waals surface area (Å²) in [6, 6.07) is 7.83. The summed E-state index contributed by atoms with van der Waals surface area (Å²) in [5.41, 5.74) is 1.56. The first-order valence-electron chi connectivity index (χ1n) is 4.82. The minimum atomic E-state index is 0.671. The van der Waals surface area contributed by atoms with Gasteiger partial charge in [0.15, 0.2) is 0 Å². The van der Waals surface area contributed by atoms with E-state index in [4.69, 9.17) is 5.26 Å². The summed E-state index contributed by atoms with van der Waals surface area (Å²) < 4.78 is 0.929. The van der Waals surface area contributed by atoms with E-state index in [2.05, 4.69) is 33.4 Å². The van der Waals surface area contributed by atoms with Crippen molar-refractivity contribution in [3.8, 4) is 6.07 Å². The molecule has 1 N–H and O–H groups in total. The smallest absolute Gasteiger partial charge is 0.101 e. The number of anilines is 1. The highest BCUT2D eigenvalue weighted by Crippen LogP contribution is 2.20. The second-order valence-electron chi connectivity index (χ2n) is 3.09. The van der Waals surface area contributed by atoms with Crippen LogP contribution >= 0.6 is 15.9 Å². The molecule has 0 fully saturated rings. The zero-order valence-corrected chi connectivity index (χ0v) is 10.2. The largest absolute Gasteiger partial charge is 0.384 e. The minimum Gasteiger partial charge on any atom is -0.384 e. The summed E-state index contributed by atoms with van der Waals surface area (Å²) in [6.45, 7) is 2.85. The van der Waals surface area contributed by atoms with Gasteiger partial charge in [-0.05, 0) is 31.5 Å². The predicted molar refractivity (Wildman–Crippen MR) is 66.8 cm³/mol. The van der Waals surface area contributed by atoms with Gasteiger partial charge in [0.2, 0.25) is 0 Å². The van der Waals surface area contributed by atoms with Gasteiger partial charge in [-0.3, -0.25) is 0 Å². The van der Waals surface area contributed by atoms with Crippen LogP contribution in [0.15, 0.2) is 34.8 Å². The summed E-state index contributed by atoms with van der Waals surface area (Å²) in [6.07, 6.45) is 5.09. The monoisotopic (exact) mass is 264 g/mol. The second-order valence-corrected chi connectivity index (χ2v) is 4.00. The van der Waals surface area contributed by atoms with Gasteiger partial charge in [0.05, 0.1) is 11.3 Å². The van der Waals surface area contributed by atoms with Gasteiger partial charge in [-0.15, -0.1) is 0 Å². The molecule has 0 saturated heterocycles. The molecular weight excluding hydrogens is 252 g/mol. The molecule has 1 aromatic rings. The van der Waals surface area contributed by atoms with Gasteiger partial charge in [-0.1, -0.05) is 28.1 Å². The molecule has 1 aromatic carbocycles. The van der Waals surface area contributed by atoms with Crippen molar-refractivity contribution in [1.29, 1.82) is 5.26 Å². The van der Waals surface area contributed by atoms with Gasteiger partial charge in [-0.2, -0.15) is 5.26 Å². The Morgan fingerprint density at radius 3 is 3.00 bits per heavy atom. The number of hydrogen-bond donors (Lipinski definition) is 1. The van der Waals surface area contributed by atoms with E-state index in [1.54, 1.807) is 0 Å². The highest BCUT2D eigenvalue weighted by atomic mass is 79.9. The lowest BCUT2D eigenvalue weighted by Crippen LogP contribution is -2.01. The number of hydrogen-bond acceptors (Lipinski definition) is 2. The van der Waals surface area contributed by atoms with Crippen LogP contribution in [-0.4, -0.2) is 6.54 Å². The lowest BCUT2D eigenvalue weighted by molar-refractivity contribution is 1.06. The molecule has 0 aromatic heterocycles. The predicted octanol–water partition coefficient (Wildman–Crippen LogP) is 3.70. The minimum absolute atomic E-state index is 0.671. The van der Waals surface area contributed by atoms with Gasteiger partial charge in [0.25, 0.3) is 0 Å². The lowest BCUT2D eigenvalue weighted by atomic mass is 10.2. The number of nitrogens with zero attached hydrogens (tertiary/aromatic N) is 1. The maximum atomic E-state index is 8.92. The first kappa shape index (κ1) is 11.8. The quantitative estimate of drug-likeness (QED) is 0.665. The Bertz CT molecular complexity index is 391. The number of allylic oxidation sites excluding steroid dienone is 1. The molecule has 0 atom stereocenters. The molecule has 2 nitrogen and oxygen atoms in total. The van der Waals surface area contributed by atoms with E-state index >= 15 is 0 Å². The Kier molecular flexibility index (Phi) is 4.92. The van der Waals surface area contributed by atoms with Gasteiger partial charge in [0.1, 0.15) is 6.07 Å². The van der Waals surface area contributed by atoms with Gasteiger partial charge in [-0.25, -0.2) is 0 Å². The first-order valence-corrected chi connectivity index (χ1v) is 5.62. The highest BCUT2D eigenvalue weighted by molar-refractivity contribution is 9.10. The van der Waals surface area contributed by atoms with Crippen molar-refractivity contribution in [3.05, 3.63) is 40.4 Å². The molecule has 0 amide bonds. The van der Waals surface area contributed by atoms with Crippen LogP contribution in [0.1, 0.15) is 18.9 Å². The van der Waals surface area contributed by atoms with E-state index in [0.717, 1.165) is 23.1 Å². The summed E-state index contributed by atoms with van der Waals surface area (Å²) in [4.78, 5) is 0. The molecule has 0 saturated carbocycles. The Balaban J connectivity index is 2.65. The third kappa shape index (κ3) is 3.77. The van der Waals surface area contributed by atoms with E-state index in [9.17, 15) is 0 Å². The van der Waals surface area contributed by atoms with E-state index < -0.39 is 0 Å². The van der Waals surface area contributed by atoms with E-state index in [1.165, 1.54) is 0 Å². The number of nitriles is 1. The second kappa shape index (κ2) is 6.26. The SMILES string of the molecule is C/C=C/CCNc1ccc(Br)cc1C#N.